The Morgan fingerprint density at radius 3 is 2.27 bits per heavy atom. The molecule has 6 heteroatoms. The SMILES string of the molecule is CNCCN(CCNC)C(=O)c1cccc(CNC(C)=O)c1. The maximum Gasteiger partial charge on any atom is 0.253 e. The molecule has 22 heavy (non-hydrogen) atoms. The lowest BCUT2D eigenvalue weighted by Crippen LogP contribution is -2.40. The Labute approximate surface area is 132 Å². The van der Waals surface area contributed by atoms with Gasteiger partial charge in [-0.25, -0.2) is 0 Å². The lowest BCUT2D eigenvalue weighted by atomic mass is 10.1. The zero-order chi connectivity index (χ0) is 16.4. The largest absolute Gasteiger partial charge is 0.352 e. The second-order valence-corrected chi connectivity index (χ2v) is 5.11. The van der Waals surface area contributed by atoms with E-state index < -0.39 is 0 Å². The molecule has 0 spiro atoms. The molecule has 0 aliphatic rings. The second kappa shape index (κ2) is 9.92. The van der Waals surface area contributed by atoms with Crippen molar-refractivity contribution >= 4 is 11.8 Å². The van der Waals surface area contributed by atoms with Crippen LogP contribution in [0.25, 0.3) is 0 Å². The fourth-order valence-electron chi connectivity index (χ4n) is 2.03. The highest BCUT2D eigenvalue weighted by Gasteiger charge is 2.15. The predicted octanol–water partition coefficient (Wildman–Crippen LogP) is 0.204. The molecule has 1 aromatic carbocycles. The van der Waals surface area contributed by atoms with Gasteiger partial charge >= 0.3 is 0 Å². The van der Waals surface area contributed by atoms with Gasteiger partial charge in [0.1, 0.15) is 0 Å². The molecule has 0 heterocycles. The summed E-state index contributed by atoms with van der Waals surface area (Å²) in [5.74, 6) is -0.0726. The van der Waals surface area contributed by atoms with Gasteiger partial charge in [-0.1, -0.05) is 12.1 Å². The summed E-state index contributed by atoms with van der Waals surface area (Å²) >= 11 is 0. The first kappa shape index (κ1) is 18.1. The summed E-state index contributed by atoms with van der Waals surface area (Å²) in [5, 5.41) is 8.87. The Morgan fingerprint density at radius 1 is 1.09 bits per heavy atom. The van der Waals surface area contributed by atoms with Gasteiger partial charge in [0.2, 0.25) is 5.91 Å². The molecule has 1 rings (SSSR count). The van der Waals surface area contributed by atoms with Crippen LogP contribution in [0.4, 0.5) is 0 Å². The first-order valence-corrected chi connectivity index (χ1v) is 7.50. The maximum atomic E-state index is 12.6. The second-order valence-electron chi connectivity index (χ2n) is 5.11. The summed E-state index contributed by atoms with van der Waals surface area (Å²) < 4.78 is 0. The molecule has 0 aliphatic carbocycles. The number of carbonyl (C=O) groups is 2. The highest BCUT2D eigenvalue weighted by molar-refractivity contribution is 5.94. The van der Waals surface area contributed by atoms with Crippen LogP contribution in [0, 0.1) is 0 Å². The number of nitrogens with one attached hydrogen (secondary N) is 3. The molecular weight excluding hydrogens is 280 g/mol. The molecule has 0 aromatic heterocycles. The molecule has 6 nitrogen and oxygen atoms in total. The Morgan fingerprint density at radius 2 is 1.73 bits per heavy atom. The van der Waals surface area contributed by atoms with Crippen molar-refractivity contribution in [2.75, 3.05) is 40.3 Å². The number of nitrogens with zero attached hydrogens (tertiary/aromatic N) is 1. The van der Waals surface area contributed by atoms with Gasteiger partial charge in [-0.05, 0) is 31.8 Å². The standard InChI is InChI=1S/C16H26N4O2/c1-13(21)19-12-14-5-4-6-15(11-14)16(22)20(9-7-17-2)10-8-18-3/h4-6,11,17-18H,7-10,12H2,1-3H3,(H,19,21). The maximum absolute atomic E-state index is 12.6. The van der Waals surface area contributed by atoms with Crippen molar-refractivity contribution in [3.05, 3.63) is 35.4 Å². The van der Waals surface area contributed by atoms with E-state index in [1.54, 1.807) is 0 Å². The molecule has 0 saturated carbocycles. The number of likely N-dealkylation sites (N-methyl/N-ethyl adjacent to an activating group) is 2. The van der Waals surface area contributed by atoms with Crippen molar-refractivity contribution in [2.24, 2.45) is 0 Å². The number of amides is 2. The number of carbonyl (C=O) groups excluding carboxylic acids is 2. The van der Waals surface area contributed by atoms with E-state index in [1.165, 1.54) is 6.92 Å². The first-order chi connectivity index (χ1) is 10.6. The van der Waals surface area contributed by atoms with Crippen molar-refractivity contribution in [3.8, 4) is 0 Å². The van der Waals surface area contributed by atoms with Crippen molar-refractivity contribution < 1.29 is 9.59 Å². The van der Waals surface area contributed by atoms with Gasteiger partial charge < -0.3 is 20.9 Å². The summed E-state index contributed by atoms with van der Waals surface area (Å²) in [7, 11) is 3.74. The Kier molecular flexibility index (Phi) is 8.17. The number of hydrogen-bond donors (Lipinski definition) is 3. The third-order valence-corrected chi connectivity index (χ3v) is 3.27. The molecule has 3 N–H and O–H groups in total. The highest BCUT2D eigenvalue weighted by atomic mass is 16.2. The smallest absolute Gasteiger partial charge is 0.253 e. The zero-order valence-electron chi connectivity index (χ0n) is 13.6. The molecule has 2 amide bonds. The molecule has 1 aromatic rings. The molecule has 0 atom stereocenters. The topological polar surface area (TPSA) is 73.5 Å². The minimum atomic E-state index is -0.0820. The minimum Gasteiger partial charge on any atom is -0.352 e. The van der Waals surface area contributed by atoms with Crippen LogP contribution in [0.3, 0.4) is 0 Å². The molecule has 0 fully saturated rings. The van der Waals surface area contributed by atoms with Crippen molar-refractivity contribution in [1.29, 1.82) is 0 Å². The summed E-state index contributed by atoms with van der Waals surface area (Å²) in [6.45, 7) is 4.73. The normalized spacial score (nSPS) is 10.3. The molecule has 0 bridgehead atoms. The molecule has 122 valence electrons. The van der Waals surface area contributed by atoms with Crippen molar-refractivity contribution in [2.45, 2.75) is 13.5 Å². The Hall–Kier alpha value is -1.92. The van der Waals surface area contributed by atoms with E-state index in [0.29, 0.717) is 25.2 Å². The summed E-state index contributed by atoms with van der Waals surface area (Å²) in [5.41, 5.74) is 1.57. The van der Waals surface area contributed by atoms with E-state index >= 15 is 0 Å². The van der Waals surface area contributed by atoms with Crippen LogP contribution in [0.1, 0.15) is 22.8 Å². The number of rotatable bonds is 9. The lowest BCUT2D eigenvalue weighted by Gasteiger charge is -2.23. The van der Waals surface area contributed by atoms with Crippen LogP contribution < -0.4 is 16.0 Å². The van der Waals surface area contributed by atoms with Gasteiger partial charge in [0.25, 0.3) is 5.91 Å². The van der Waals surface area contributed by atoms with E-state index in [4.69, 9.17) is 0 Å². The fourth-order valence-corrected chi connectivity index (χ4v) is 2.03. The minimum absolute atomic E-state index is 0.00942. The van der Waals surface area contributed by atoms with Gasteiger partial charge in [0, 0.05) is 45.2 Å². The van der Waals surface area contributed by atoms with E-state index in [1.807, 2.05) is 43.3 Å². The van der Waals surface area contributed by atoms with E-state index in [-0.39, 0.29) is 11.8 Å². The number of benzene rings is 1. The quantitative estimate of drug-likeness (QED) is 0.609. The summed E-state index contributed by atoms with van der Waals surface area (Å²) in [6, 6.07) is 7.40. The predicted molar refractivity (Wildman–Crippen MR) is 87.7 cm³/mol. The average Bonchev–Trinajstić information content (AvgIpc) is 2.53. The van der Waals surface area contributed by atoms with Crippen LogP contribution in [0.5, 0.6) is 0 Å². The summed E-state index contributed by atoms with van der Waals surface area (Å²) in [6.07, 6.45) is 0. The monoisotopic (exact) mass is 306 g/mol. The number of hydrogen-bond acceptors (Lipinski definition) is 4. The van der Waals surface area contributed by atoms with Gasteiger partial charge in [-0.2, -0.15) is 0 Å². The van der Waals surface area contributed by atoms with Crippen LogP contribution >= 0.6 is 0 Å². The molecule has 0 aliphatic heterocycles. The van der Waals surface area contributed by atoms with Crippen LogP contribution in [0.2, 0.25) is 0 Å². The average molecular weight is 306 g/mol. The van der Waals surface area contributed by atoms with Crippen LogP contribution in [0.15, 0.2) is 24.3 Å². The van der Waals surface area contributed by atoms with E-state index in [9.17, 15) is 9.59 Å². The van der Waals surface area contributed by atoms with Crippen molar-refractivity contribution in [3.63, 3.8) is 0 Å². The molecule has 0 unspecified atom stereocenters. The van der Waals surface area contributed by atoms with Crippen molar-refractivity contribution in [1.82, 2.24) is 20.9 Å². The third-order valence-electron chi connectivity index (χ3n) is 3.27. The van der Waals surface area contributed by atoms with E-state index in [2.05, 4.69) is 16.0 Å². The van der Waals surface area contributed by atoms with Crippen LogP contribution in [-0.2, 0) is 11.3 Å². The highest BCUT2D eigenvalue weighted by Crippen LogP contribution is 2.08. The van der Waals surface area contributed by atoms with Gasteiger partial charge in [0.15, 0.2) is 0 Å². The molecule has 0 saturated heterocycles. The first-order valence-electron chi connectivity index (χ1n) is 7.50. The van der Waals surface area contributed by atoms with Gasteiger partial charge in [-0.3, -0.25) is 9.59 Å². The van der Waals surface area contributed by atoms with Gasteiger partial charge in [-0.15, -0.1) is 0 Å². The third kappa shape index (κ3) is 6.24. The van der Waals surface area contributed by atoms with E-state index in [0.717, 1.165) is 18.7 Å². The molecular formula is C16H26N4O2. The lowest BCUT2D eigenvalue weighted by molar-refractivity contribution is -0.119. The Balaban J connectivity index is 2.78. The molecule has 0 radical (unpaired) electrons. The van der Waals surface area contributed by atoms with Gasteiger partial charge in [0.05, 0.1) is 0 Å². The zero-order valence-corrected chi connectivity index (χ0v) is 13.6. The summed E-state index contributed by atoms with van der Waals surface area (Å²) in [4.78, 5) is 25.4. The Bertz CT molecular complexity index is 483. The van der Waals surface area contributed by atoms with Crippen LogP contribution in [-0.4, -0.2) is 57.0 Å². The fraction of sp³-hybridized carbons (Fsp3) is 0.500.